The lowest BCUT2D eigenvalue weighted by molar-refractivity contribution is -0.146. The quantitative estimate of drug-likeness (QED) is 0.293. The van der Waals surface area contributed by atoms with Crippen LogP contribution in [-0.2, 0) is 19.1 Å². The summed E-state index contributed by atoms with van der Waals surface area (Å²) < 4.78 is 10.0. The molecule has 0 aliphatic heterocycles. The Morgan fingerprint density at radius 1 is 0.955 bits per heavy atom. The highest BCUT2D eigenvalue weighted by Crippen LogP contribution is 2.07. The second-order valence-corrected chi connectivity index (χ2v) is 5.49. The average molecular weight is 310 g/mol. The molecule has 0 saturated carbocycles. The van der Waals surface area contributed by atoms with Crippen molar-refractivity contribution in [2.45, 2.75) is 84.2 Å². The van der Waals surface area contributed by atoms with Crippen molar-refractivity contribution in [3.8, 4) is 12.3 Å². The molecule has 0 rings (SSSR count). The van der Waals surface area contributed by atoms with Crippen molar-refractivity contribution in [3.05, 3.63) is 0 Å². The molecular formula is C18H30O4. The van der Waals surface area contributed by atoms with Gasteiger partial charge in [-0.3, -0.25) is 9.59 Å². The second-order valence-electron chi connectivity index (χ2n) is 5.49. The molecule has 0 heterocycles. The van der Waals surface area contributed by atoms with E-state index in [1.54, 1.807) is 6.92 Å². The van der Waals surface area contributed by atoms with Crippen LogP contribution in [0.15, 0.2) is 0 Å². The summed E-state index contributed by atoms with van der Waals surface area (Å²) in [5, 5.41) is 0. The van der Waals surface area contributed by atoms with Crippen molar-refractivity contribution in [2.24, 2.45) is 0 Å². The van der Waals surface area contributed by atoms with Gasteiger partial charge in [-0.05, 0) is 19.8 Å². The predicted octanol–water partition coefficient (Wildman–Crippen LogP) is 4.02. The van der Waals surface area contributed by atoms with E-state index in [4.69, 9.17) is 15.9 Å². The Hall–Kier alpha value is -1.50. The highest BCUT2D eigenvalue weighted by atomic mass is 16.5. The fourth-order valence-corrected chi connectivity index (χ4v) is 1.98. The lowest BCUT2D eigenvalue weighted by Crippen LogP contribution is -2.13. The first-order valence-electron chi connectivity index (χ1n) is 8.41. The average Bonchev–Trinajstić information content (AvgIpc) is 2.49. The number of ether oxygens (including phenoxy) is 2. The van der Waals surface area contributed by atoms with Crippen LogP contribution in [0.25, 0.3) is 0 Å². The zero-order valence-corrected chi connectivity index (χ0v) is 14.1. The molecule has 0 bridgehead atoms. The van der Waals surface area contributed by atoms with Gasteiger partial charge in [-0.2, -0.15) is 0 Å². The molecule has 1 atom stereocenters. The molecule has 0 aliphatic carbocycles. The van der Waals surface area contributed by atoms with E-state index in [-0.39, 0.29) is 24.8 Å². The zero-order valence-electron chi connectivity index (χ0n) is 14.1. The van der Waals surface area contributed by atoms with Gasteiger partial charge in [-0.25, -0.2) is 0 Å². The Kier molecular flexibility index (Phi) is 13.5. The van der Waals surface area contributed by atoms with Crippen LogP contribution < -0.4 is 0 Å². The van der Waals surface area contributed by atoms with E-state index in [2.05, 4.69) is 12.8 Å². The molecule has 0 aliphatic rings. The number of esters is 2. The van der Waals surface area contributed by atoms with E-state index < -0.39 is 6.10 Å². The molecule has 0 fully saturated rings. The summed E-state index contributed by atoms with van der Waals surface area (Å²) in [6.07, 6.45) is 13.8. The van der Waals surface area contributed by atoms with Gasteiger partial charge in [0.1, 0.15) is 0 Å². The molecule has 0 amide bonds. The molecule has 4 heteroatoms. The Bertz CT molecular complexity index is 343. The van der Waals surface area contributed by atoms with E-state index in [0.29, 0.717) is 13.0 Å². The summed E-state index contributed by atoms with van der Waals surface area (Å²) in [7, 11) is 0. The topological polar surface area (TPSA) is 52.6 Å². The summed E-state index contributed by atoms with van der Waals surface area (Å²) in [5.41, 5.74) is 0. The molecule has 1 unspecified atom stereocenters. The van der Waals surface area contributed by atoms with E-state index in [1.165, 1.54) is 32.1 Å². The van der Waals surface area contributed by atoms with Crippen molar-refractivity contribution in [2.75, 3.05) is 6.61 Å². The van der Waals surface area contributed by atoms with Gasteiger partial charge in [0.2, 0.25) is 0 Å². The van der Waals surface area contributed by atoms with Crippen molar-refractivity contribution in [3.63, 3.8) is 0 Å². The maximum Gasteiger partial charge on any atom is 0.307 e. The number of carbonyl (C=O) groups excluding carboxylic acids is 2. The molecule has 0 aromatic carbocycles. The number of carbonyl (C=O) groups is 2. The Labute approximate surface area is 134 Å². The molecule has 0 spiro atoms. The highest BCUT2D eigenvalue weighted by molar-refractivity contribution is 5.72. The Morgan fingerprint density at radius 3 is 2.18 bits per heavy atom. The van der Waals surface area contributed by atoms with E-state index in [9.17, 15) is 9.59 Å². The van der Waals surface area contributed by atoms with Crippen LogP contribution in [0.1, 0.15) is 78.1 Å². The number of hydrogen-bond acceptors (Lipinski definition) is 4. The lowest BCUT2D eigenvalue weighted by atomic mass is 10.1. The van der Waals surface area contributed by atoms with E-state index in [1.807, 2.05) is 0 Å². The van der Waals surface area contributed by atoms with Crippen LogP contribution in [0.2, 0.25) is 0 Å². The summed E-state index contributed by atoms with van der Waals surface area (Å²) in [6, 6.07) is 0. The maximum absolute atomic E-state index is 11.5. The Morgan fingerprint density at radius 2 is 1.55 bits per heavy atom. The van der Waals surface area contributed by atoms with Gasteiger partial charge in [-0.15, -0.1) is 6.42 Å². The molecule has 4 nitrogen and oxygen atoms in total. The summed E-state index contributed by atoms with van der Waals surface area (Å²) in [6.45, 7) is 4.31. The Balaban J connectivity index is 3.40. The lowest BCUT2D eigenvalue weighted by Gasteiger charge is -2.07. The first kappa shape index (κ1) is 20.5. The number of rotatable bonds is 13. The van der Waals surface area contributed by atoms with E-state index >= 15 is 0 Å². The largest absolute Gasteiger partial charge is 0.466 e. The minimum absolute atomic E-state index is 0.193. The highest BCUT2D eigenvalue weighted by Gasteiger charge is 2.09. The standard InChI is InChI=1S/C18H30O4/c1-4-6-7-8-9-10-11-15-21-17(19)13-12-14-18(20)22-16(3)5-2/h2,16H,4,6-15H2,1,3H3. The van der Waals surface area contributed by atoms with Crippen molar-refractivity contribution in [1.29, 1.82) is 0 Å². The van der Waals surface area contributed by atoms with Crippen LogP contribution in [0.5, 0.6) is 0 Å². The third kappa shape index (κ3) is 13.5. The van der Waals surface area contributed by atoms with Crippen molar-refractivity contribution >= 4 is 11.9 Å². The van der Waals surface area contributed by atoms with Gasteiger partial charge in [0, 0.05) is 12.8 Å². The molecule has 126 valence electrons. The minimum Gasteiger partial charge on any atom is -0.466 e. The molecule has 0 N–H and O–H groups in total. The SMILES string of the molecule is C#CC(C)OC(=O)CCCC(=O)OCCCCCCCCC. The molecule has 0 aromatic heterocycles. The van der Waals surface area contributed by atoms with Gasteiger partial charge in [0.15, 0.2) is 6.10 Å². The van der Waals surface area contributed by atoms with E-state index in [0.717, 1.165) is 12.8 Å². The fraction of sp³-hybridized carbons (Fsp3) is 0.778. The molecule has 0 aromatic rings. The van der Waals surface area contributed by atoms with Gasteiger partial charge in [-0.1, -0.05) is 51.4 Å². The second kappa shape index (κ2) is 14.4. The monoisotopic (exact) mass is 310 g/mol. The smallest absolute Gasteiger partial charge is 0.307 e. The molecule has 0 radical (unpaired) electrons. The number of hydrogen-bond donors (Lipinski definition) is 0. The summed E-state index contributed by atoms with van der Waals surface area (Å²) >= 11 is 0. The van der Waals surface area contributed by atoms with Crippen LogP contribution in [0.4, 0.5) is 0 Å². The van der Waals surface area contributed by atoms with Crippen molar-refractivity contribution in [1.82, 2.24) is 0 Å². The van der Waals surface area contributed by atoms with Crippen molar-refractivity contribution < 1.29 is 19.1 Å². The van der Waals surface area contributed by atoms with Crippen LogP contribution in [0, 0.1) is 12.3 Å². The van der Waals surface area contributed by atoms with Crippen LogP contribution in [0.3, 0.4) is 0 Å². The van der Waals surface area contributed by atoms with Gasteiger partial charge in [0.05, 0.1) is 6.61 Å². The van der Waals surface area contributed by atoms with Crippen LogP contribution >= 0.6 is 0 Å². The summed E-state index contributed by atoms with van der Waals surface area (Å²) in [4.78, 5) is 22.8. The molecular weight excluding hydrogens is 280 g/mol. The van der Waals surface area contributed by atoms with Gasteiger partial charge >= 0.3 is 11.9 Å². The summed E-state index contributed by atoms with van der Waals surface area (Å²) in [5.74, 6) is 1.70. The normalized spacial score (nSPS) is 11.5. The maximum atomic E-state index is 11.5. The first-order chi connectivity index (χ1) is 10.6. The van der Waals surface area contributed by atoms with Gasteiger partial charge in [0.25, 0.3) is 0 Å². The van der Waals surface area contributed by atoms with Gasteiger partial charge < -0.3 is 9.47 Å². The first-order valence-corrected chi connectivity index (χ1v) is 8.41. The minimum atomic E-state index is -0.517. The fourth-order valence-electron chi connectivity index (χ4n) is 1.98. The predicted molar refractivity (Wildman–Crippen MR) is 87.2 cm³/mol. The number of terminal acetylenes is 1. The third-order valence-electron chi connectivity index (χ3n) is 3.32. The third-order valence-corrected chi connectivity index (χ3v) is 3.32. The number of unbranched alkanes of at least 4 members (excludes halogenated alkanes) is 6. The zero-order chi connectivity index (χ0) is 16.6. The van der Waals surface area contributed by atoms with Crippen LogP contribution in [-0.4, -0.2) is 24.6 Å². The molecule has 0 saturated heterocycles. The molecule has 22 heavy (non-hydrogen) atoms.